The highest BCUT2D eigenvalue weighted by molar-refractivity contribution is 6.42. The molecule has 2 fully saturated rings. The second-order valence-corrected chi connectivity index (χ2v) is 8.78. The summed E-state index contributed by atoms with van der Waals surface area (Å²) in [7, 11) is 0. The number of rotatable bonds is 4. The first-order valence-electron chi connectivity index (χ1n) is 10.1. The maximum absolute atomic E-state index is 12.6. The fraction of sp³-hybridized carbons (Fsp3) is 0.524. The molecule has 0 saturated carbocycles. The number of aromatic nitrogens is 1. The summed E-state index contributed by atoms with van der Waals surface area (Å²) in [6.07, 6.45) is 2.99. The Morgan fingerprint density at radius 3 is 2.69 bits per heavy atom. The fourth-order valence-corrected chi connectivity index (χ4v) is 4.46. The van der Waals surface area contributed by atoms with Crippen LogP contribution in [0.2, 0.25) is 10.0 Å². The van der Waals surface area contributed by atoms with Crippen molar-refractivity contribution in [2.45, 2.75) is 44.2 Å². The van der Waals surface area contributed by atoms with E-state index in [1.54, 1.807) is 11.0 Å². The van der Waals surface area contributed by atoms with Gasteiger partial charge in [-0.15, -0.1) is 0 Å². The van der Waals surface area contributed by atoms with Crippen LogP contribution < -0.4 is 0 Å². The molecule has 29 heavy (non-hydrogen) atoms. The predicted molar refractivity (Wildman–Crippen MR) is 111 cm³/mol. The van der Waals surface area contributed by atoms with Gasteiger partial charge in [-0.3, -0.25) is 9.69 Å². The molecule has 1 atom stereocenters. The molecule has 0 spiro atoms. The lowest BCUT2D eigenvalue weighted by Crippen LogP contribution is -2.39. The van der Waals surface area contributed by atoms with Crippen molar-refractivity contribution >= 4 is 29.1 Å². The van der Waals surface area contributed by atoms with Gasteiger partial charge in [-0.1, -0.05) is 34.4 Å². The first-order valence-corrected chi connectivity index (χ1v) is 10.9. The first kappa shape index (κ1) is 20.7. The minimum absolute atomic E-state index is 0.140. The number of aliphatic hydroxyl groups is 1. The van der Waals surface area contributed by atoms with Gasteiger partial charge >= 0.3 is 0 Å². The van der Waals surface area contributed by atoms with Gasteiger partial charge in [0, 0.05) is 38.2 Å². The second-order valence-electron chi connectivity index (χ2n) is 7.96. The Morgan fingerprint density at radius 1 is 1.14 bits per heavy atom. The summed E-state index contributed by atoms with van der Waals surface area (Å²) in [6, 6.07) is 7.53. The van der Waals surface area contributed by atoms with Gasteiger partial charge in [0.05, 0.1) is 21.8 Å². The summed E-state index contributed by atoms with van der Waals surface area (Å²) in [5.41, 5.74) is 1.97. The fourth-order valence-electron chi connectivity index (χ4n) is 4.14. The van der Waals surface area contributed by atoms with Crippen LogP contribution in [0, 0.1) is 0 Å². The molecule has 0 unspecified atom stereocenters. The Kier molecular flexibility index (Phi) is 6.44. The maximum Gasteiger partial charge on any atom is 0.292 e. The van der Waals surface area contributed by atoms with Crippen molar-refractivity contribution < 1.29 is 14.4 Å². The summed E-state index contributed by atoms with van der Waals surface area (Å²) in [6.45, 7) is 3.77. The van der Waals surface area contributed by atoms with Crippen LogP contribution in [0.15, 0.2) is 28.8 Å². The largest absolute Gasteiger partial charge is 0.393 e. The van der Waals surface area contributed by atoms with E-state index in [0.717, 1.165) is 43.7 Å². The highest BCUT2D eigenvalue weighted by Crippen LogP contribution is 2.29. The van der Waals surface area contributed by atoms with Crippen molar-refractivity contribution in [3.05, 3.63) is 51.3 Å². The zero-order valence-electron chi connectivity index (χ0n) is 16.2. The Labute approximate surface area is 180 Å². The quantitative estimate of drug-likeness (QED) is 0.783. The third-order valence-corrected chi connectivity index (χ3v) is 6.54. The molecule has 1 amide bonds. The van der Waals surface area contributed by atoms with Gasteiger partial charge in [0.15, 0.2) is 0 Å². The SMILES string of the molecule is O=C(c1cc([C@H]2CCCN(Cc3ccc(Cl)c(Cl)c3)C2)no1)N1CCC(O)CC1. The summed E-state index contributed by atoms with van der Waals surface area (Å²) in [5, 5.41) is 15.0. The molecule has 8 heteroatoms. The third-order valence-electron chi connectivity index (χ3n) is 5.80. The van der Waals surface area contributed by atoms with E-state index in [1.165, 1.54) is 0 Å². The van der Waals surface area contributed by atoms with Gasteiger partial charge in [0.25, 0.3) is 5.91 Å². The van der Waals surface area contributed by atoms with E-state index in [0.29, 0.717) is 36.0 Å². The van der Waals surface area contributed by atoms with Crippen molar-refractivity contribution in [3.8, 4) is 0 Å². The van der Waals surface area contributed by atoms with E-state index in [4.69, 9.17) is 27.7 Å². The smallest absolute Gasteiger partial charge is 0.292 e. The Morgan fingerprint density at radius 2 is 1.93 bits per heavy atom. The molecule has 156 valence electrons. The minimum atomic E-state index is -0.312. The molecule has 1 N–H and O–H groups in total. The van der Waals surface area contributed by atoms with Crippen LogP contribution in [-0.2, 0) is 6.54 Å². The molecule has 1 aromatic carbocycles. The van der Waals surface area contributed by atoms with E-state index in [9.17, 15) is 9.90 Å². The van der Waals surface area contributed by atoms with Crippen LogP contribution in [0.5, 0.6) is 0 Å². The molecule has 2 aliphatic heterocycles. The Hall–Kier alpha value is -1.60. The maximum atomic E-state index is 12.6. The van der Waals surface area contributed by atoms with Crippen molar-refractivity contribution in [1.82, 2.24) is 15.0 Å². The zero-order chi connectivity index (χ0) is 20.4. The number of carbonyl (C=O) groups excluding carboxylic acids is 1. The molecule has 3 heterocycles. The van der Waals surface area contributed by atoms with Crippen LogP contribution in [0.25, 0.3) is 0 Å². The van der Waals surface area contributed by atoms with E-state index < -0.39 is 0 Å². The molecule has 2 aliphatic rings. The van der Waals surface area contributed by atoms with Gasteiger partial charge in [-0.25, -0.2) is 0 Å². The normalized spacial score (nSPS) is 21.5. The standard InChI is InChI=1S/C21H25Cl2N3O3/c22-17-4-3-14(10-18(17)23)12-25-7-1-2-15(13-25)19-11-20(29-24-19)21(28)26-8-5-16(27)6-9-26/h3-4,10-11,15-16,27H,1-2,5-9,12-13H2/t15-/m0/s1. The van der Waals surface area contributed by atoms with Crippen LogP contribution in [0.1, 0.15) is 53.4 Å². The molecule has 2 aromatic rings. The zero-order valence-corrected chi connectivity index (χ0v) is 17.7. The number of carbonyl (C=O) groups is 1. The van der Waals surface area contributed by atoms with Gasteiger partial charge in [-0.05, 0) is 49.9 Å². The van der Waals surface area contributed by atoms with Gasteiger partial charge in [0.2, 0.25) is 5.76 Å². The lowest BCUT2D eigenvalue weighted by molar-refractivity contribution is 0.0512. The first-order chi connectivity index (χ1) is 14.0. The molecular formula is C21H25Cl2N3O3. The highest BCUT2D eigenvalue weighted by Gasteiger charge is 2.28. The van der Waals surface area contributed by atoms with Gasteiger partial charge < -0.3 is 14.5 Å². The van der Waals surface area contributed by atoms with Crippen LogP contribution in [0.4, 0.5) is 0 Å². The number of hydrogen-bond acceptors (Lipinski definition) is 5. The third kappa shape index (κ3) is 4.94. The number of piperidine rings is 2. The average Bonchev–Trinajstić information content (AvgIpc) is 3.21. The molecular weight excluding hydrogens is 413 g/mol. The summed E-state index contributed by atoms with van der Waals surface area (Å²) >= 11 is 12.1. The van der Waals surface area contributed by atoms with E-state index in [1.807, 2.05) is 18.2 Å². The predicted octanol–water partition coefficient (Wildman–Crippen LogP) is 3.96. The summed E-state index contributed by atoms with van der Waals surface area (Å²) < 4.78 is 5.39. The van der Waals surface area contributed by atoms with Gasteiger partial charge in [0.1, 0.15) is 0 Å². The lowest BCUT2D eigenvalue weighted by Gasteiger charge is -2.31. The number of likely N-dealkylation sites (tertiary alicyclic amines) is 2. The number of aliphatic hydroxyl groups excluding tert-OH is 1. The molecule has 1 aromatic heterocycles. The lowest BCUT2D eigenvalue weighted by atomic mass is 9.94. The molecule has 0 bridgehead atoms. The average molecular weight is 438 g/mol. The second kappa shape index (κ2) is 9.04. The topological polar surface area (TPSA) is 69.8 Å². The molecule has 6 nitrogen and oxygen atoms in total. The summed E-state index contributed by atoms with van der Waals surface area (Å²) in [4.78, 5) is 16.7. The number of hydrogen-bond donors (Lipinski definition) is 1. The Balaban J connectivity index is 1.38. The van der Waals surface area contributed by atoms with Crippen LogP contribution >= 0.6 is 23.2 Å². The van der Waals surface area contributed by atoms with Crippen molar-refractivity contribution in [3.63, 3.8) is 0 Å². The van der Waals surface area contributed by atoms with Crippen molar-refractivity contribution in [2.75, 3.05) is 26.2 Å². The summed E-state index contributed by atoms with van der Waals surface area (Å²) in [5.74, 6) is 0.386. The monoisotopic (exact) mass is 437 g/mol. The van der Waals surface area contributed by atoms with Crippen LogP contribution in [-0.4, -0.2) is 58.3 Å². The van der Waals surface area contributed by atoms with Crippen molar-refractivity contribution in [1.29, 1.82) is 0 Å². The Bertz CT molecular complexity index is 865. The van der Waals surface area contributed by atoms with Gasteiger partial charge in [-0.2, -0.15) is 0 Å². The number of benzene rings is 1. The molecule has 0 radical (unpaired) electrons. The van der Waals surface area contributed by atoms with Crippen molar-refractivity contribution in [2.24, 2.45) is 0 Å². The molecule has 0 aliphatic carbocycles. The molecule has 2 saturated heterocycles. The van der Waals surface area contributed by atoms with E-state index in [2.05, 4.69) is 10.1 Å². The number of halogens is 2. The van der Waals surface area contributed by atoms with E-state index in [-0.39, 0.29) is 23.7 Å². The highest BCUT2D eigenvalue weighted by atomic mass is 35.5. The van der Waals surface area contributed by atoms with E-state index >= 15 is 0 Å². The number of amides is 1. The van der Waals surface area contributed by atoms with Crippen LogP contribution in [0.3, 0.4) is 0 Å². The molecule has 4 rings (SSSR count). The number of nitrogens with zero attached hydrogens (tertiary/aromatic N) is 3. The minimum Gasteiger partial charge on any atom is -0.393 e.